The molecule has 7 heteroatoms. The van der Waals surface area contributed by atoms with E-state index in [0.717, 1.165) is 29.3 Å². The minimum absolute atomic E-state index is 0.0940. The fourth-order valence-electron chi connectivity index (χ4n) is 3.24. The fourth-order valence-corrected chi connectivity index (χ4v) is 4.51. The summed E-state index contributed by atoms with van der Waals surface area (Å²) in [4.78, 5) is 12.5. The number of halogens is 1. The second-order valence-electron chi connectivity index (χ2n) is 7.57. The van der Waals surface area contributed by atoms with Gasteiger partial charge in [0.15, 0.2) is 0 Å². The zero-order valence-corrected chi connectivity index (χ0v) is 20.3. The standard InChI is InChI=1S/C23H31BrN2O3S/c1-4-6-8-18(5-2)16-25-23(27)20-13-11-19(12-14-20)17-26(30(3,28)29)22-10-7-9-21(24)15-22/h7,9-15,18H,4-6,8,16-17H2,1-3H3,(H,25,27)/t18-/m0/s1. The van der Waals surface area contributed by atoms with E-state index in [2.05, 4.69) is 35.1 Å². The summed E-state index contributed by atoms with van der Waals surface area (Å²) < 4.78 is 26.8. The number of anilines is 1. The number of carbonyl (C=O) groups excluding carboxylic acids is 1. The molecule has 164 valence electrons. The number of hydrogen-bond acceptors (Lipinski definition) is 3. The van der Waals surface area contributed by atoms with Crippen molar-refractivity contribution in [2.45, 2.75) is 46.1 Å². The maximum Gasteiger partial charge on any atom is 0.251 e. The molecule has 0 radical (unpaired) electrons. The van der Waals surface area contributed by atoms with E-state index in [1.54, 1.807) is 42.5 Å². The van der Waals surface area contributed by atoms with E-state index in [1.165, 1.54) is 17.0 Å². The summed E-state index contributed by atoms with van der Waals surface area (Å²) >= 11 is 3.39. The predicted octanol–water partition coefficient (Wildman–Crippen LogP) is 5.36. The fraction of sp³-hybridized carbons (Fsp3) is 0.435. The summed E-state index contributed by atoms with van der Waals surface area (Å²) in [6.07, 6.45) is 5.71. The molecule has 0 aromatic heterocycles. The molecular weight excluding hydrogens is 464 g/mol. The van der Waals surface area contributed by atoms with Crippen molar-refractivity contribution in [1.82, 2.24) is 5.32 Å². The average Bonchev–Trinajstić information content (AvgIpc) is 2.71. The van der Waals surface area contributed by atoms with Crippen LogP contribution in [0.25, 0.3) is 0 Å². The van der Waals surface area contributed by atoms with Crippen LogP contribution < -0.4 is 9.62 Å². The molecule has 1 amide bonds. The Morgan fingerprint density at radius 2 is 1.83 bits per heavy atom. The SMILES string of the molecule is CCCC[C@H](CC)CNC(=O)c1ccc(CN(c2cccc(Br)c2)S(C)(=O)=O)cc1. The molecule has 2 aromatic rings. The molecule has 5 nitrogen and oxygen atoms in total. The van der Waals surface area contributed by atoms with Crippen molar-refractivity contribution < 1.29 is 13.2 Å². The van der Waals surface area contributed by atoms with Crippen molar-refractivity contribution >= 4 is 37.5 Å². The number of unbranched alkanes of at least 4 members (excludes halogenated alkanes) is 1. The Morgan fingerprint density at radius 1 is 1.13 bits per heavy atom. The lowest BCUT2D eigenvalue weighted by atomic mass is 9.99. The lowest BCUT2D eigenvalue weighted by Crippen LogP contribution is -2.30. The number of hydrogen-bond donors (Lipinski definition) is 1. The maximum absolute atomic E-state index is 12.5. The summed E-state index contributed by atoms with van der Waals surface area (Å²) in [7, 11) is -3.46. The molecule has 1 N–H and O–H groups in total. The Bertz CT molecular complexity index is 930. The van der Waals surface area contributed by atoms with Gasteiger partial charge in [-0.05, 0) is 48.2 Å². The van der Waals surface area contributed by atoms with E-state index in [0.29, 0.717) is 23.7 Å². The summed E-state index contributed by atoms with van der Waals surface area (Å²) in [6, 6.07) is 14.3. The molecule has 2 aromatic carbocycles. The van der Waals surface area contributed by atoms with E-state index < -0.39 is 10.0 Å². The highest BCUT2D eigenvalue weighted by Crippen LogP contribution is 2.24. The lowest BCUT2D eigenvalue weighted by molar-refractivity contribution is 0.0946. The molecule has 0 spiro atoms. The first-order chi connectivity index (χ1) is 14.2. The Kier molecular flexibility index (Phi) is 9.37. The van der Waals surface area contributed by atoms with Crippen LogP contribution in [0.5, 0.6) is 0 Å². The lowest BCUT2D eigenvalue weighted by Gasteiger charge is -2.23. The topological polar surface area (TPSA) is 66.5 Å². The molecular formula is C23H31BrN2O3S. The van der Waals surface area contributed by atoms with Gasteiger partial charge in [-0.1, -0.05) is 67.2 Å². The minimum atomic E-state index is -3.46. The van der Waals surface area contributed by atoms with Crippen molar-refractivity contribution in [2.75, 3.05) is 17.1 Å². The molecule has 30 heavy (non-hydrogen) atoms. The van der Waals surface area contributed by atoms with Crippen LogP contribution in [0.4, 0.5) is 5.69 Å². The van der Waals surface area contributed by atoms with Gasteiger partial charge in [-0.2, -0.15) is 0 Å². The van der Waals surface area contributed by atoms with Crippen molar-refractivity contribution in [1.29, 1.82) is 0 Å². The quantitative estimate of drug-likeness (QED) is 0.456. The van der Waals surface area contributed by atoms with E-state index >= 15 is 0 Å². The number of benzene rings is 2. The van der Waals surface area contributed by atoms with Crippen LogP contribution in [0.1, 0.15) is 55.5 Å². The summed E-state index contributed by atoms with van der Waals surface area (Å²) in [5, 5.41) is 3.02. The number of nitrogens with one attached hydrogen (secondary N) is 1. The maximum atomic E-state index is 12.5. The Morgan fingerprint density at radius 3 is 2.40 bits per heavy atom. The van der Waals surface area contributed by atoms with Crippen LogP contribution in [-0.2, 0) is 16.6 Å². The third kappa shape index (κ3) is 7.43. The number of sulfonamides is 1. The highest BCUT2D eigenvalue weighted by molar-refractivity contribution is 9.10. The summed E-state index contributed by atoms with van der Waals surface area (Å²) in [5.74, 6) is 0.408. The van der Waals surface area contributed by atoms with Gasteiger partial charge in [0, 0.05) is 16.6 Å². The number of carbonyl (C=O) groups is 1. The predicted molar refractivity (Wildman–Crippen MR) is 127 cm³/mol. The van der Waals surface area contributed by atoms with Gasteiger partial charge in [0.2, 0.25) is 10.0 Å². The first-order valence-electron chi connectivity index (χ1n) is 10.3. The highest BCUT2D eigenvalue weighted by atomic mass is 79.9. The van der Waals surface area contributed by atoms with Crippen LogP contribution in [0.2, 0.25) is 0 Å². The molecule has 1 atom stereocenters. The van der Waals surface area contributed by atoms with Crippen molar-refractivity contribution in [3.05, 3.63) is 64.1 Å². The number of nitrogens with zero attached hydrogens (tertiary/aromatic N) is 1. The van der Waals surface area contributed by atoms with Crippen LogP contribution in [0.3, 0.4) is 0 Å². The van der Waals surface area contributed by atoms with Gasteiger partial charge < -0.3 is 5.32 Å². The normalized spacial score (nSPS) is 12.4. The zero-order chi connectivity index (χ0) is 22.1. The minimum Gasteiger partial charge on any atom is -0.352 e. The molecule has 0 heterocycles. The van der Waals surface area contributed by atoms with Crippen LogP contribution >= 0.6 is 15.9 Å². The van der Waals surface area contributed by atoms with Gasteiger partial charge in [0.05, 0.1) is 18.5 Å². The first kappa shape index (κ1) is 24.4. The van der Waals surface area contributed by atoms with Crippen LogP contribution in [0, 0.1) is 5.92 Å². The Hall–Kier alpha value is -1.86. The van der Waals surface area contributed by atoms with E-state index in [-0.39, 0.29) is 12.5 Å². The molecule has 0 saturated carbocycles. The monoisotopic (exact) mass is 494 g/mol. The summed E-state index contributed by atoms with van der Waals surface area (Å²) in [5.41, 5.74) is 1.98. The second kappa shape index (κ2) is 11.5. The Balaban J connectivity index is 2.06. The molecule has 0 aliphatic carbocycles. The molecule has 0 aliphatic rings. The van der Waals surface area contributed by atoms with E-state index in [1.807, 2.05) is 6.07 Å². The molecule has 0 fully saturated rings. The third-order valence-electron chi connectivity index (χ3n) is 5.13. The van der Waals surface area contributed by atoms with Gasteiger partial charge in [-0.25, -0.2) is 8.42 Å². The van der Waals surface area contributed by atoms with Gasteiger partial charge >= 0.3 is 0 Å². The van der Waals surface area contributed by atoms with Gasteiger partial charge in [0.1, 0.15) is 0 Å². The molecule has 0 bridgehead atoms. The summed E-state index contributed by atoms with van der Waals surface area (Å²) in [6.45, 7) is 5.21. The largest absolute Gasteiger partial charge is 0.352 e. The third-order valence-corrected chi connectivity index (χ3v) is 6.77. The van der Waals surface area contributed by atoms with E-state index in [9.17, 15) is 13.2 Å². The molecule has 0 saturated heterocycles. The van der Waals surface area contributed by atoms with Crippen molar-refractivity contribution in [3.63, 3.8) is 0 Å². The first-order valence-corrected chi connectivity index (χ1v) is 13.0. The van der Waals surface area contributed by atoms with Crippen LogP contribution in [-0.4, -0.2) is 27.1 Å². The zero-order valence-electron chi connectivity index (χ0n) is 17.9. The van der Waals surface area contributed by atoms with Gasteiger partial charge in [-0.3, -0.25) is 9.10 Å². The van der Waals surface area contributed by atoms with Gasteiger partial charge in [-0.15, -0.1) is 0 Å². The Labute approximate surface area is 189 Å². The van der Waals surface area contributed by atoms with Crippen LogP contribution in [0.15, 0.2) is 53.0 Å². The molecule has 2 rings (SSSR count). The smallest absolute Gasteiger partial charge is 0.251 e. The molecule has 0 unspecified atom stereocenters. The molecule has 0 aliphatic heterocycles. The second-order valence-corrected chi connectivity index (χ2v) is 10.4. The highest BCUT2D eigenvalue weighted by Gasteiger charge is 2.18. The number of amides is 1. The number of rotatable bonds is 11. The van der Waals surface area contributed by atoms with Crippen molar-refractivity contribution in [2.24, 2.45) is 5.92 Å². The van der Waals surface area contributed by atoms with Crippen molar-refractivity contribution in [3.8, 4) is 0 Å². The van der Waals surface area contributed by atoms with E-state index in [4.69, 9.17) is 0 Å². The van der Waals surface area contributed by atoms with Gasteiger partial charge in [0.25, 0.3) is 5.91 Å². The average molecular weight is 495 g/mol.